The van der Waals surface area contributed by atoms with Crippen LogP contribution in [0.15, 0.2) is 53.1 Å². The van der Waals surface area contributed by atoms with E-state index in [0.717, 1.165) is 29.5 Å². The molecule has 0 saturated heterocycles. The second-order valence-corrected chi connectivity index (χ2v) is 7.47. The number of hydrogen-bond acceptors (Lipinski definition) is 7. The Balaban J connectivity index is 1.27. The Labute approximate surface area is 178 Å². The van der Waals surface area contributed by atoms with E-state index < -0.39 is 0 Å². The van der Waals surface area contributed by atoms with Gasteiger partial charge in [-0.15, -0.1) is 10.2 Å². The third kappa shape index (κ3) is 3.94. The van der Waals surface area contributed by atoms with Crippen LogP contribution < -0.4 is 5.32 Å². The van der Waals surface area contributed by atoms with E-state index in [4.69, 9.17) is 4.52 Å². The molecule has 9 heteroatoms. The van der Waals surface area contributed by atoms with Gasteiger partial charge in [-0.05, 0) is 40.8 Å². The lowest BCUT2D eigenvalue weighted by atomic mass is 10.0. The predicted molar refractivity (Wildman–Crippen MR) is 111 cm³/mol. The topological polar surface area (TPSA) is 112 Å². The molecule has 31 heavy (non-hydrogen) atoms. The molecule has 0 aliphatic heterocycles. The molecule has 0 fully saturated rings. The fraction of sp³-hybridized carbons (Fsp3) is 0.273. The molecule has 0 bridgehead atoms. The van der Waals surface area contributed by atoms with Crippen molar-refractivity contribution in [2.45, 2.75) is 38.8 Å². The van der Waals surface area contributed by atoms with Gasteiger partial charge in [-0.25, -0.2) is 0 Å². The molecule has 1 atom stereocenters. The van der Waals surface area contributed by atoms with Crippen LogP contribution in [-0.4, -0.2) is 36.3 Å². The largest absolute Gasteiger partial charge is 0.342 e. The van der Waals surface area contributed by atoms with Gasteiger partial charge in [-0.3, -0.25) is 4.79 Å². The Morgan fingerprint density at radius 3 is 2.90 bits per heavy atom. The number of aryl methyl sites for hydroxylation is 2. The molecule has 1 aliphatic rings. The highest BCUT2D eigenvalue weighted by atomic mass is 16.5. The van der Waals surface area contributed by atoms with Crippen LogP contribution in [0.5, 0.6) is 0 Å². The van der Waals surface area contributed by atoms with E-state index >= 15 is 0 Å². The van der Waals surface area contributed by atoms with Crippen molar-refractivity contribution in [3.8, 4) is 11.4 Å². The quantitative estimate of drug-likeness (QED) is 0.515. The summed E-state index contributed by atoms with van der Waals surface area (Å²) in [5, 5.41) is 19.2. The fourth-order valence-corrected chi connectivity index (χ4v) is 3.79. The molecule has 1 amide bonds. The lowest BCUT2D eigenvalue weighted by Gasteiger charge is -2.12. The molecule has 156 valence electrons. The molecule has 2 aromatic carbocycles. The first-order valence-electron chi connectivity index (χ1n) is 10.3. The highest BCUT2D eigenvalue weighted by molar-refractivity contribution is 5.90. The first-order chi connectivity index (χ1) is 15.2. The summed E-state index contributed by atoms with van der Waals surface area (Å²) < 4.78 is 5.21. The smallest absolute Gasteiger partial charge is 0.293 e. The third-order valence-corrected chi connectivity index (χ3v) is 5.38. The van der Waals surface area contributed by atoms with Crippen LogP contribution in [0.25, 0.3) is 11.4 Å². The average molecular weight is 415 g/mol. The van der Waals surface area contributed by atoms with Gasteiger partial charge in [0.2, 0.25) is 11.7 Å². The maximum absolute atomic E-state index is 12.7. The number of aromatic nitrogens is 6. The van der Waals surface area contributed by atoms with Crippen molar-refractivity contribution in [1.82, 2.24) is 35.7 Å². The molecule has 1 N–H and O–H groups in total. The first-order valence-corrected chi connectivity index (χ1v) is 10.3. The maximum atomic E-state index is 12.7. The Morgan fingerprint density at radius 2 is 2.10 bits per heavy atom. The van der Waals surface area contributed by atoms with Gasteiger partial charge in [0.05, 0.1) is 12.6 Å². The molecular formula is C22H21N7O2. The molecule has 9 nitrogen and oxygen atoms in total. The molecule has 2 heterocycles. The number of nitrogens with zero attached hydrogens (tertiary/aromatic N) is 6. The Morgan fingerprint density at radius 1 is 1.23 bits per heavy atom. The zero-order valence-corrected chi connectivity index (χ0v) is 17.0. The van der Waals surface area contributed by atoms with Crippen molar-refractivity contribution in [1.29, 1.82) is 0 Å². The van der Waals surface area contributed by atoms with E-state index in [9.17, 15) is 4.79 Å². The van der Waals surface area contributed by atoms with E-state index in [1.54, 1.807) is 0 Å². The standard InChI is InChI=1S/C22H21N7O2/c1-2-19-24-20(27-31-19)16-8-10-17-15(12-16)9-11-18(17)23-22(30)21-25-28-29(26-21)13-14-6-4-3-5-7-14/h3-8,10,12,18H,2,9,11,13H2,1H3,(H,23,30). The third-order valence-electron chi connectivity index (χ3n) is 5.38. The van der Waals surface area contributed by atoms with Crippen LogP contribution in [0.4, 0.5) is 0 Å². The van der Waals surface area contributed by atoms with Crippen molar-refractivity contribution >= 4 is 5.91 Å². The fourth-order valence-electron chi connectivity index (χ4n) is 3.79. The number of tetrazole rings is 1. The highest BCUT2D eigenvalue weighted by Gasteiger charge is 2.26. The van der Waals surface area contributed by atoms with Gasteiger partial charge in [0.1, 0.15) is 0 Å². The van der Waals surface area contributed by atoms with Crippen molar-refractivity contribution in [2.75, 3.05) is 0 Å². The molecule has 0 radical (unpaired) electrons. The summed E-state index contributed by atoms with van der Waals surface area (Å²) in [7, 11) is 0. The van der Waals surface area contributed by atoms with Crippen LogP contribution >= 0.6 is 0 Å². The Kier molecular flexibility index (Phi) is 4.99. The van der Waals surface area contributed by atoms with E-state index in [-0.39, 0.29) is 17.8 Å². The Bertz CT molecular complexity index is 1220. The van der Waals surface area contributed by atoms with Crippen molar-refractivity contribution < 1.29 is 9.32 Å². The van der Waals surface area contributed by atoms with Gasteiger partial charge >= 0.3 is 0 Å². The number of fused-ring (bicyclic) bond motifs is 1. The molecule has 0 spiro atoms. The van der Waals surface area contributed by atoms with E-state index in [1.165, 1.54) is 10.4 Å². The first kappa shape index (κ1) is 19.1. The SMILES string of the molecule is CCc1nc(-c2ccc3c(c2)CCC3NC(=O)c2nnn(Cc3ccccc3)n2)no1. The second kappa shape index (κ2) is 8.10. The lowest BCUT2D eigenvalue weighted by molar-refractivity contribution is 0.0925. The van der Waals surface area contributed by atoms with Gasteiger partial charge in [0, 0.05) is 12.0 Å². The van der Waals surface area contributed by atoms with Crippen LogP contribution in [0, 0.1) is 0 Å². The van der Waals surface area contributed by atoms with Crippen LogP contribution in [0.3, 0.4) is 0 Å². The number of carbonyl (C=O) groups excluding carboxylic acids is 1. The van der Waals surface area contributed by atoms with E-state index in [0.29, 0.717) is 24.7 Å². The zero-order chi connectivity index (χ0) is 21.2. The summed E-state index contributed by atoms with van der Waals surface area (Å²) in [6.45, 7) is 2.44. The number of benzene rings is 2. The minimum absolute atomic E-state index is 0.0693. The maximum Gasteiger partial charge on any atom is 0.293 e. The molecule has 1 aliphatic carbocycles. The molecule has 2 aromatic heterocycles. The summed E-state index contributed by atoms with van der Waals surface area (Å²) >= 11 is 0. The predicted octanol–water partition coefficient (Wildman–Crippen LogP) is 2.75. The Hall–Kier alpha value is -3.88. The minimum atomic E-state index is -0.327. The van der Waals surface area contributed by atoms with Crippen LogP contribution in [-0.2, 0) is 19.4 Å². The van der Waals surface area contributed by atoms with Crippen LogP contribution in [0.2, 0.25) is 0 Å². The van der Waals surface area contributed by atoms with Gasteiger partial charge < -0.3 is 9.84 Å². The number of carbonyl (C=O) groups is 1. The number of amides is 1. The van der Waals surface area contributed by atoms with E-state index in [2.05, 4.69) is 36.9 Å². The molecular weight excluding hydrogens is 394 g/mol. The summed E-state index contributed by atoms with van der Waals surface area (Å²) in [5.41, 5.74) is 4.22. The van der Waals surface area contributed by atoms with Crippen molar-refractivity contribution in [3.05, 3.63) is 76.9 Å². The summed E-state index contributed by atoms with van der Waals surface area (Å²) in [4.78, 5) is 18.5. The van der Waals surface area contributed by atoms with Crippen LogP contribution in [0.1, 0.15) is 52.6 Å². The zero-order valence-electron chi connectivity index (χ0n) is 17.0. The average Bonchev–Trinajstić information content (AvgIpc) is 3.54. The monoisotopic (exact) mass is 415 g/mol. The molecule has 5 rings (SSSR count). The molecule has 0 saturated carbocycles. The van der Waals surface area contributed by atoms with Gasteiger partial charge in [0.25, 0.3) is 11.7 Å². The normalized spacial score (nSPS) is 15.1. The van der Waals surface area contributed by atoms with Gasteiger partial charge in [-0.1, -0.05) is 54.5 Å². The number of rotatable bonds is 6. The minimum Gasteiger partial charge on any atom is -0.342 e. The lowest BCUT2D eigenvalue weighted by Crippen LogP contribution is -2.28. The second-order valence-electron chi connectivity index (χ2n) is 7.47. The molecule has 4 aromatic rings. The summed E-state index contributed by atoms with van der Waals surface area (Å²) in [6, 6.07) is 15.8. The number of hydrogen-bond donors (Lipinski definition) is 1. The van der Waals surface area contributed by atoms with Gasteiger partial charge in [-0.2, -0.15) is 9.78 Å². The summed E-state index contributed by atoms with van der Waals surface area (Å²) in [6.07, 6.45) is 2.38. The van der Waals surface area contributed by atoms with E-state index in [1.807, 2.05) is 49.4 Å². The summed E-state index contributed by atoms with van der Waals surface area (Å²) in [5.74, 6) is 0.951. The molecule has 1 unspecified atom stereocenters. The van der Waals surface area contributed by atoms with Gasteiger partial charge in [0.15, 0.2) is 0 Å². The van der Waals surface area contributed by atoms with Crippen molar-refractivity contribution in [2.24, 2.45) is 0 Å². The highest BCUT2D eigenvalue weighted by Crippen LogP contribution is 2.33. The van der Waals surface area contributed by atoms with Crippen molar-refractivity contribution in [3.63, 3.8) is 0 Å². The number of nitrogens with one attached hydrogen (secondary N) is 1.